The third-order valence-electron chi connectivity index (χ3n) is 3.43. The van der Waals surface area contributed by atoms with E-state index in [2.05, 4.69) is 5.32 Å². The van der Waals surface area contributed by atoms with Crippen LogP contribution in [0.4, 0.5) is 0 Å². The summed E-state index contributed by atoms with van der Waals surface area (Å²) >= 11 is 0. The van der Waals surface area contributed by atoms with E-state index >= 15 is 0 Å². The van der Waals surface area contributed by atoms with Crippen LogP contribution < -0.4 is 10.1 Å². The van der Waals surface area contributed by atoms with Crippen molar-refractivity contribution in [1.82, 2.24) is 5.32 Å². The predicted octanol–water partition coefficient (Wildman–Crippen LogP) is 1.95. The van der Waals surface area contributed by atoms with E-state index in [0.717, 1.165) is 37.2 Å². The molecule has 4 heteroatoms. The number of rotatable bonds is 3. The summed E-state index contributed by atoms with van der Waals surface area (Å²) < 4.78 is 10.2. The highest BCUT2D eigenvalue weighted by molar-refractivity contribution is 5.89. The number of benzene rings is 1. The fourth-order valence-corrected chi connectivity index (χ4v) is 2.43. The van der Waals surface area contributed by atoms with Crippen molar-refractivity contribution in [3.8, 4) is 5.75 Å². The topological polar surface area (TPSA) is 47.6 Å². The molecule has 0 amide bonds. The first-order valence-electron chi connectivity index (χ1n) is 6.23. The molecule has 0 radical (unpaired) electrons. The van der Waals surface area contributed by atoms with Gasteiger partial charge < -0.3 is 14.8 Å². The van der Waals surface area contributed by atoms with Crippen molar-refractivity contribution in [3.63, 3.8) is 0 Å². The minimum Gasteiger partial charge on any atom is -0.496 e. The van der Waals surface area contributed by atoms with Crippen LogP contribution in [0.25, 0.3) is 0 Å². The minimum absolute atomic E-state index is 0.298. The summed E-state index contributed by atoms with van der Waals surface area (Å²) in [5.74, 6) is 1.01. The van der Waals surface area contributed by atoms with Gasteiger partial charge in [0.25, 0.3) is 0 Å². The van der Waals surface area contributed by atoms with Crippen molar-refractivity contribution in [3.05, 3.63) is 29.3 Å². The Labute approximate surface area is 107 Å². The smallest absolute Gasteiger partial charge is 0.337 e. The Morgan fingerprint density at radius 3 is 2.61 bits per heavy atom. The molecule has 18 heavy (non-hydrogen) atoms. The van der Waals surface area contributed by atoms with Crippen molar-refractivity contribution in [2.75, 3.05) is 27.3 Å². The fourth-order valence-electron chi connectivity index (χ4n) is 2.43. The van der Waals surface area contributed by atoms with Crippen LogP contribution in [0.1, 0.15) is 34.7 Å². The Kier molecular flexibility index (Phi) is 4.20. The van der Waals surface area contributed by atoms with Gasteiger partial charge >= 0.3 is 5.97 Å². The molecule has 0 spiro atoms. The molecular weight excluding hydrogens is 230 g/mol. The maximum atomic E-state index is 11.6. The Morgan fingerprint density at radius 2 is 2.00 bits per heavy atom. The fraction of sp³-hybridized carbons (Fsp3) is 0.500. The number of ether oxygens (including phenoxy) is 2. The molecule has 1 heterocycles. The van der Waals surface area contributed by atoms with Gasteiger partial charge in [0.05, 0.1) is 19.8 Å². The van der Waals surface area contributed by atoms with E-state index in [0.29, 0.717) is 11.5 Å². The summed E-state index contributed by atoms with van der Waals surface area (Å²) in [5, 5.41) is 3.34. The first-order valence-corrected chi connectivity index (χ1v) is 6.23. The molecule has 1 aromatic carbocycles. The quantitative estimate of drug-likeness (QED) is 0.832. The highest BCUT2D eigenvalue weighted by atomic mass is 16.5. The third kappa shape index (κ3) is 2.64. The molecule has 0 bridgehead atoms. The number of methoxy groups -OCH3 is 2. The van der Waals surface area contributed by atoms with E-state index in [1.165, 1.54) is 7.11 Å². The molecule has 1 fully saturated rings. The van der Waals surface area contributed by atoms with Gasteiger partial charge in [0.2, 0.25) is 0 Å². The van der Waals surface area contributed by atoms with E-state index in [4.69, 9.17) is 9.47 Å². The molecule has 0 atom stereocenters. The zero-order chi connectivity index (χ0) is 13.0. The predicted molar refractivity (Wildman–Crippen MR) is 69.2 cm³/mol. The summed E-state index contributed by atoms with van der Waals surface area (Å²) in [4.78, 5) is 11.6. The van der Waals surface area contributed by atoms with E-state index in [1.54, 1.807) is 13.2 Å². The largest absolute Gasteiger partial charge is 0.496 e. The van der Waals surface area contributed by atoms with Gasteiger partial charge in [-0.25, -0.2) is 4.79 Å². The Hall–Kier alpha value is -1.55. The molecular formula is C14H19NO3. The molecule has 4 nitrogen and oxygen atoms in total. The SMILES string of the molecule is COC(=O)c1ccc(OC)c(C2CCNCC2)c1. The van der Waals surface area contributed by atoms with Crippen molar-refractivity contribution in [1.29, 1.82) is 0 Å². The minimum atomic E-state index is -0.298. The maximum Gasteiger partial charge on any atom is 0.337 e. The lowest BCUT2D eigenvalue weighted by molar-refractivity contribution is 0.0600. The Balaban J connectivity index is 2.32. The summed E-state index contributed by atoms with van der Waals surface area (Å²) in [6, 6.07) is 5.50. The Bertz CT molecular complexity index is 425. The number of carbonyl (C=O) groups is 1. The Morgan fingerprint density at radius 1 is 1.28 bits per heavy atom. The first-order chi connectivity index (χ1) is 8.76. The van der Waals surface area contributed by atoms with Gasteiger partial charge in [-0.3, -0.25) is 0 Å². The molecule has 1 aliphatic rings. The number of carbonyl (C=O) groups excluding carboxylic acids is 1. The second kappa shape index (κ2) is 5.87. The first kappa shape index (κ1) is 12.9. The van der Waals surface area contributed by atoms with E-state index in [-0.39, 0.29) is 5.97 Å². The molecule has 1 N–H and O–H groups in total. The molecule has 0 aliphatic carbocycles. The molecule has 98 valence electrons. The van der Waals surface area contributed by atoms with Crippen molar-refractivity contribution in [2.24, 2.45) is 0 Å². The van der Waals surface area contributed by atoms with E-state index in [9.17, 15) is 4.79 Å². The highest BCUT2D eigenvalue weighted by Crippen LogP contribution is 2.33. The lowest BCUT2D eigenvalue weighted by Gasteiger charge is -2.24. The van der Waals surface area contributed by atoms with E-state index in [1.807, 2.05) is 12.1 Å². The zero-order valence-electron chi connectivity index (χ0n) is 10.9. The zero-order valence-corrected chi connectivity index (χ0v) is 10.9. The second-order valence-electron chi connectivity index (χ2n) is 4.47. The summed E-state index contributed by atoms with van der Waals surface area (Å²) in [6.45, 7) is 2.02. The lowest BCUT2D eigenvalue weighted by atomic mass is 9.88. The average molecular weight is 249 g/mol. The molecule has 2 rings (SSSR count). The van der Waals surface area contributed by atoms with Gasteiger partial charge in [-0.2, -0.15) is 0 Å². The number of piperidine rings is 1. The number of nitrogens with one attached hydrogen (secondary N) is 1. The highest BCUT2D eigenvalue weighted by Gasteiger charge is 2.20. The van der Waals surface area contributed by atoms with Gasteiger partial charge in [-0.1, -0.05) is 0 Å². The van der Waals surface area contributed by atoms with Gasteiger partial charge in [0, 0.05) is 0 Å². The van der Waals surface area contributed by atoms with Gasteiger partial charge in [0.15, 0.2) is 0 Å². The van der Waals surface area contributed by atoms with Crippen LogP contribution >= 0.6 is 0 Å². The summed E-state index contributed by atoms with van der Waals surface area (Å²) in [5.41, 5.74) is 1.70. The van der Waals surface area contributed by atoms with Crippen LogP contribution in [0, 0.1) is 0 Å². The molecule has 0 aromatic heterocycles. The molecule has 0 unspecified atom stereocenters. The number of hydrogen-bond acceptors (Lipinski definition) is 4. The standard InChI is InChI=1S/C14H19NO3/c1-17-13-4-3-11(14(16)18-2)9-12(13)10-5-7-15-8-6-10/h3-4,9-10,15H,5-8H2,1-2H3. The third-order valence-corrected chi connectivity index (χ3v) is 3.43. The van der Waals surface area contributed by atoms with Crippen LogP contribution in [0.2, 0.25) is 0 Å². The van der Waals surface area contributed by atoms with Crippen LogP contribution in [0.5, 0.6) is 5.75 Å². The number of hydrogen-bond donors (Lipinski definition) is 1. The van der Waals surface area contributed by atoms with Gasteiger partial charge in [-0.15, -0.1) is 0 Å². The molecule has 0 saturated carbocycles. The van der Waals surface area contributed by atoms with E-state index < -0.39 is 0 Å². The van der Waals surface area contributed by atoms with Crippen molar-refractivity contribution >= 4 is 5.97 Å². The normalized spacial score (nSPS) is 16.3. The monoisotopic (exact) mass is 249 g/mol. The summed E-state index contributed by atoms with van der Waals surface area (Å²) in [7, 11) is 3.06. The van der Waals surface area contributed by atoms with Crippen molar-refractivity contribution in [2.45, 2.75) is 18.8 Å². The second-order valence-corrected chi connectivity index (χ2v) is 4.47. The maximum absolute atomic E-state index is 11.6. The number of esters is 1. The van der Waals surface area contributed by atoms with Crippen LogP contribution in [0.15, 0.2) is 18.2 Å². The van der Waals surface area contributed by atoms with Crippen LogP contribution in [-0.4, -0.2) is 33.3 Å². The molecule has 1 aliphatic heterocycles. The average Bonchev–Trinajstić information content (AvgIpc) is 2.46. The van der Waals surface area contributed by atoms with Crippen LogP contribution in [0.3, 0.4) is 0 Å². The van der Waals surface area contributed by atoms with Crippen LogP contribution in [-0.2, 0) is 4.74 Å². The van der Waals surface area contributed by atoms with Gasteiger partial charge in [0.1, 0.15) is 5.75 Å². The van der Waals surface area contributed by atoms with Crippen molar-refractivity contribution < 1.29 is 14.3 Å². The molecule has 1 saturated heterocycles. The molecule has 1 aromatic rings. The lowest BCUT2D eigenvalue weighted by Crippen LogP contribution is -2.27. The van der Waals surface area contributed by atoms with Gasteiger partial charge in [-0.05, 0) is 55.6 Å². The summed E-state index contributed by atoms with van der Waals surface area (Å²) in [6.07, 6.45) is 2.14.